The lowest BCUT2D eigenvalue weighted by Crippen LogP contribution is -2.03. The van der Waals surface area contributed by atoms with Gasteiger partial charge in [0.15, 0.2) is 17.5 Å². The molecule has 52 heavy (non-hydrogen) atoms. The first-order chi connectivity index (χ1) is 25.6. The topological polar surface area (TPSA) is 38.7 Å². The summed E-state index contributed by atoms with van der Waals surface area (Å²) in [6, 6.07) is 28.3. The van der Waals surface area contributed by atoms with E-state index in [9.17, 15) is 0 Å². The predicted octanol–water partition coefficient (Wildman–Crippen LogP) is 12.1. The Labute approximate surface area is 306 Å². The van der Waals surface area contributed by atoms with Gasteiger partial charge in [0.2, 0.25) is 0 Å². The molecule has 0 saturated carbocycles. The van der Waals surface area contributed by atoms with Crippen LogP contribution >= 0.6 is 0 Å². The molecular formula is C49H39N3. The van der Waals surface area contributed by atoms with Crippen molar-refractivity contribution in [3.05, 3.63) is 191 Å². The van der Waals surface area contributed by atoms with Gasteiger partial charge in [0.1, 0.15) is 0 Å². The van der Waals surface area contributed by atoms with Gasteiger partial charge >= 0.3 is 0 Å². The number of hydrogen-bond acceptors (Lipinski definition) is 3. The average molecular weight is 670 g/mol. The van der Waals surface area contributed by atoms with Crippen molar-refractivity contribution in [1.82, 2.24) is 15.0 Å². The van der Waals surface area contributed by atoms with Crippen LogP contribution in [0, 0.1) is 0 Å². The van der Waals surface area contributed by atoms with Crippen LogP contribution in [0.25, 0.3) is 62.0 Å². The molecule has 0 saturated heterocycles. The summed E-state index contributed by atoms with van der Waals surface area (Å²) in [7, 11) is 0. The third-order valence-corrected chi connectivity index (χ3v) is 10.7. The Hall–Kier alpha value is -6.19. The van der Waals surface area contributed by atoms with Crippen LogP contribution in [0.3, 0.4) is 0 Å². The van der Waals surface area contributed by atoms with Gasteiger partial charge in [0.05, 0.1) is 0 Å². The molecule has 1 aromatic heterocycles. The first kappa shape index (κ1) is 31.8. The van der Waals surface area contributed by atoms with Crippen molar-refractivity contribution in [1.29, 1.82) is 0 Å². The van der Waals surface area contributed by atoms with Crippen LogP contribution in [0.1, 0.15) is 59.6 Å². The number of allylic oxidation sites excluding steroid dienone is 14. The van der Waals surface area contributed by atoms with E-state index in [1.54, 1.807) is 0 Å². The molecule has 0 radical (unpaired) electrons. The Morgan fingerprint density at radius 1 is 0.692 bits per heavy atom. The molecule has 0 N–H and O–H groups in total. The van der Waals surface area contributed by atoms with Crippen LogP contribution in [0.15, 0.2) is 158 Å². The molecule has 1 heterocycles. The molecule has 0 aliphatic heterocycles. The van der Waals surface area contributed by atoms with E-state index in [1.165, 1.54) is 66.8 Å². The zero-order chi connectivity index (χ0) is 35.2. The van der Waals surface area contributed by atoms with Gasteiger partial charge in [-0.1, -0.05) is 128 Å². The summed E-state index contributed by atoms with van der Waals surface area (Å²) in [6.45, 7) is 10.4. The lowest BCUT2D eigenvalue weighted by Gasteiger charge is -2.18. The van der Waals surface area contributed by atoms with E-state index in [1.807, 2.05) is 24.3 Å². The maximum absolute atomic E-state index is 5.33. The highest BCUT2D eigenvalue weighted by atomic mass is 15.0. The Morgan fingerprint density at radius 2 is 1.40 bits per heavy atom. The van der Waals surface area contributed by atoms with E-state index < -0.39 is 0 Å². The SMILES string of the molecule is C=C/C=C1\C(=C/C)Cc2cc(-c3nc(-c4ccccc4)nc(-c4cc5c(c(C6=CC=CCC6)c4)-c4ccccc4C5)n3)cc(C3=CCC(=C)C=C3)c21. The molecule has 4 aliphatic carbocycles. The van der Waals surface area contributed by atoms with Crippen molar-refractivity contribution in [3.8, 4) is 45.3 Å². The fourth-order valence-corrected chi connectivity index (χ4v) is 8.17. The lowest BCUT2D eigenvalue weighted by atomic mass is 9.88. The first-order valence-corrected chi connectivity index (χ1v) is 18.2. The highest BCUT2D eigenvalue weighted by Gasteiger charge is 2.28. The summed E-state index contributed by atoms with van der Waals surface area (Å²) in [5, 5.41) is 0. The Balaban J connectivity index is 1.27. The molecule has 0 spiro atoms. The van der Waals surface area contributed by atoms with Crippen molar-refractivity contribution < 1.29 is 0 Å². The number of aromatic nitrogens is 3. The summed E-state index contributed by atoms with van der Waals surface area (Å²) in [4.78, 5) is 15.7. The number of rotatable bonds is 6. The fraction of sp³-hybridized carbons (Fsp3) is 0.122. The van der Waals surface area contributed by atoms with Gasteiger partial charge in [0.25, 0.3) is 0 Å². The van der Waals surface area contributed by atoms with E-state index in [-0.39, 0.29) is 0 Å². The molecular weight excluding hydrogens is 631 g/mol. The van der Waals surface area contributed by atoms with Crippen molar-refractivity contribution in [2.24, 2.45) is 0 Å². The molecule has 3 heteroatoms. The summed E-state index contributed by atoms with van der Waals surface area (Å²) < 4.78 is 0. The zero-order valence-electron chi connectivity index (χ0n) is 29.5. The average Bonchev–Trinajstić information content (AvgIpc) is 3.76. The molecule has 0 atom stereocenters. The monoisotopic (exact) mass is 669 g/mol. The summed E-state index contributed by atoms with van der Waals surface area (Å²) in [6.07, 6.45) is 24.2. The van der Waals surface area contributed by atoms with Gasteiger partial charge < -0.3 is 0 Å². The third kappa shape index (κ3) is 5.59. The summed E-state index contributed by atoms with van der Waals surface area (Å²) in [5.41, 5.74) is 19.5. The molecule has 5 aromatic rings. The minimum absolute atomic E-state index is 0.669. The van der Waals surface area contributed by atoms with E-state index in [0.29, 0.717) is 17.5 Å². The molecule has 0 amide bonds. The second-order valence-corrected chi connectivity index (χ2v) is 13.9. The van der Waals surface area contributed by atoms with E-state index >= 15 is 0 Å². The van der Waals surface area contributed by atoms with Crippen molar-refractivity contribution in [2.75, 3.05) is 0 Å². The van der Waals surface area contributed by atoms with Gasteiger partial charge in [-0.2, -0.15) is 0 Å². The number of fused-ring (bicyclic) bond motifs is 4. The van der Waals surface area contributed by atoms with Crippen molar-refractivity contribution in [2.45, 2.75) is 39.0 Å². The van der Waals surface area contributed by atoms with Crippen LogP contribution in [0.4, 0.5) is 0 Å². The van der Waals surface area contributed by atoms with Gasteiger partial charge in [0, 0.05) is 16.7 Å². The maximum atomic E-state index is 5.33. The largest absolute Gasteiger partial charge is 0.208 e. The molecule has 4 aliphatic rings. The van der Waals surface area contributed by atoms with Crippen LogP contribution in [-0.4, -0.2) is 15.0 Å². The predicted molar refractivity (Wildman–Crippen MR) is 217 cm³/mol. The Morgan fingerprint density at radius 3 is 2.10 bits per heavy atom. The number of hydrogen-bond donors (Lipinski definition) is 0. The standard InChI is InChI=1S/C49H39N3/c1-4-14-41-32(5-2)25-37-27-39(30-44(45(37)41)34-23-21-31(3)22-24-34)48-50-47(35-17-10-7-11-18-35)51-49(52-48)40-28-38-26-36-19-12-13-20-42(36)46(38)43(29-40)33-15-8-6-9-16-33/h4-8,10-15,17-21,23-24,27-30H,1,3,9,16,22,25-26H2,2H3/b32-5-,41-14+. The normalized spacial score (nSPS) is 17.2. The highest BCUT2D eigenvalue weighted by Crippen LogP contribution is 2.46. The van der Waals surface area contributed by atoms with Crippen molar-refractivity contribution in [3.63, 3.8) is 0 Å². The smallest absolute Gasteiger partial charge is 0.164 e. The van der Waals surface area contributed by atoms with Gasteiger partial charge in [-0.3, -0.25) is 0 Å². The van der Waals surface area contributed by atoms with E-state index in [2.05, 4.69) is 129 Å². The van der Waals surface area contributed by atoms with Gasteiger partial charge in [-0.15, -0.1) is 0 Å². The van der Waals surface area contributed by atoms with Crippen LogP contribution in [-0.2, 0) is 12.8 Å². The molecule has 9 rings (SSSR count). The van der Waals surface area contributed by atoms with Crippen LogP contribution in [0.2, 0.25) is 0 Å². The zero-order valence-corrected chi connectivity index (χ0v) is 29.5. The van der Waals surface area contributed by atoms with Crippen molar-refractivity contribution >= 4 is 16.7 Å². The molecule has 0 unspecified atom stereocenters. The number of nitrogens with zero attached hydrogens (tertiary/aromatic N) is 3. The summed E-state index contributed by atoms with van der Waals surface area (Å²) in [5.74, 6) is 2.03. The first-order valence-electron chi connectivity index (χ1n) is 18.2. The second-order valence-electron chi connectivity index (χ2n) is 13.9. The second kappa shape index (κ2) is 13.2. The molecule has 250 valence electrons. The Bertz CT molecular complexity index is 2520. The highest BCUT2D eigenvalue weighted by molar-refractivity contribution is 5.96. The summed E-state index contributed by atoms with van der Waals surface area (Å²) >= 11 is 0. The lowest BCUT2D eigenvalue weighted by molar-refractivity contribution is 1.05. The van der Waals surface area contributed by atoms with E-state index in [0.717, 1.165) is 54.4 Å². The maximum Gasteiger partial charge on any atom is 0.164 e. The Kier molecular flexibility index (Phi) is 8.05. The number of benzene rings is 4. The molecule has 4 aromatic carbocycles. The molecule has 3 nitrogen and oxygen atoms in total. The molecule has 0 fully saturated rings. The van der Waals surface area contributed by atoms with Crippen LogP contribution < -0.4 is 0 Å². The minimum atomic E-state index is 0.669. The quantitative estimate of drug-likeness (QED) is 0.177. The van der Waals surface area contributed by atoms with Gasteiger partial charge in [-0.05, 0) is 130 Å². The molecule has 0 bridgehead atoms. The fourth-order valence-electron chi connectivity index (χ4n) is 8.17. The van der Waals surface area contributed by atoms with E-state index in [4.69, 9.17) is 15.0 Å². The third-order valence-electron chi connectivity index (χ3n) is 10.7. The minimum Gasteiger partial charge on any atom is -0.208 e. The van der Waals surface area contributed by atoms with Crippen LogP contribution in [0.5, 0.6) is 0 Å². The van der Waals surface area contributed by atoms with Gasteiger partial charge in [-0.25, -0.2) is 15.0 Å².